The van der Waals surface area contributed by atoms with E-state index in [9.17, 15) is 9.59 Å². The van der Waals surface area contributed by atoms with Crippen molar-refractivity contribution in [3.8, 4) is 0 Å². The van der Waals surface area contributed by atoms with E-state index in [0.717, 1.165) is 19.4 Å². The molecule has 1 aromatic heterocycles. The standard InChI is InChI=1S/C13H17N3O3/c1-16(2)8-4-3-7-14-13-15-11-9(17)5-6-10(18)12(11)19-13/h5-6H,3-4,7-8H2,1-2H3,(H,14,15). The summed E-state index contributed by atoms with van der Waals surface area (Å²) in [5, 5.41) is 2.99. The van der Waals surface area contributed by atoms with Gasteiger partial charge in [0.15, 0.2) is 5.69 Å². The first kappa shape index (κ1) is 13.5. The number of rotatable bonds is 6. The van der Waals surface area contributed by atoms with Crippen LogP contribution in [0.5, 0.6) is 0 Å². The predicted octanol–water partition coefficient (Wildman–Crippen LogP) is 1.36. The van der Waals surface area contributed by atoms with Crippen LogP contribution in [-0.4, -0.2) is 48.6 Å². The van der Waals surface area contributed by atoms with Crippen molar-refractivity contribution in [2.45, 2.75) is 12.8 Å². The number of ketones is 2. The predicted molar refractivity (Wildman–Crippen MR) is 70.6 cm³/mol. The van der Waals surface area contributed by atoms with Crippen molar-refractivity contribution >= 4 is 17.6 Å². The van der Waals surface area contributed by atoms with Gasteiger partial charge in [-0.1, -0.05) is 0 Å². The molecule has 19 heavy (non-hydrogen) atoms. The molecular formula is C13H17N3O3. The smallest absolute Gasteiger partial charge is 0.295 e. The van der Waals surface area contributed by atoms with Gasteiger partial charge in [-0.15, -0.1) is 0 Å². The van der Waals surface area contributed by atoms with Gasteiger partial charge in [-0.3, -0.25) is 9.59 Å². The van der Waals surface area contributed by atoms with Crippen LogP contribution in [0.2, 0.25) is 0 Å². The van der Waals surface area contributed by atoms with E-state index >= 15 is 0 Å². The number of nitrogens with zero attached hydrogens (tertiary/aromatic N) is 2. The lowest BCUT2D eigenvalue weighted by atomic mass is 10.1. The molecule has 6 heteroatoms. The molecule has 1 aliphatic carbocycles. The molecule has 1 aromatic rings. The number of fused-ring (bicyclic) bond motifs is 1. The van der Waals surface area contributed by atoms with Gasteiger partial charge in [0.25, 0.3) is 6.01 Å². The summed E-state index contributed by atoms with van der Waals surface area (Å²) in [6.07, 6.45) is 4.44. The molecule has 0 saturated heterocycles. The van der Waals surface area contributed by atoms with Gasteiger partial charge in [0.2, 0.25) is 17.3 Å². The maximum absolute atomic E-state index is 11.5. The third kappa shape index (κ3) is 3.29. The zero-order valence-corrected chi connectivity index (χ0v) is 11.1. The van der Waals surface area contributed by atoms with Crippen LogP contribution in [0.3, 0.4) is 0 Å². The molecular weight excluding hydrogens is 246 g/mol. The fourth-order valence-electron chi connectivity index (χ4n) is 1.78. The van der Waals surface area contributed by atoms with E-state index in [1.165, 1.54) is 12.2 Å². The van der Waals surface area contributed by atoms with E-state index in [1.54, 1.807) is 0 Å². The van der Waals surface area contributed by atoms with Crippen LogP contribution in [0, 0.1) is 0 Å². The summed E-state index contributed by atoms with van der Waals surface area (Å²) in [5.41, 5.74) is 0.100. The molecule has 1 heterocycles. The van der Waals surface area contributed by atoms with Gasteiger partial charge < -0.3 is 14.6 Å². The van der Waals surface area contributed by atoms with Crippen LogP contribution in [0.4, 0.5) is 6.01 Å². The van der Waals surface area contributed by atoms with Crippen LogP contribution in [0.15, 0.2) is 16.6 Å². The fourth-order valence-corrected chi connectivity index (χ4v) is 1.78. The number of carbonyl (C=O) groups is 2. The average Bonchev–Trinajstić information content (AvgIpc) is 2.78. The van der Waals surface area contributed by atoms with Crippen molar-refractivity contribution in [3.05, 3.63) is 23.6 Å². The Hall–Kier alpha value is -1.95. The molecule has 6 nitrogen and oxygen atoms in total. The Balaban J connectivity index is 1.88. The highest BCUT2D eigenvalue weighted by atomic mass is 16.4. The van der Waals surface area contributed by atoms with Crippen LogP contribution in [-0.2, 0) is 0 Å². The summed E-state index contributed by atoms with van der Waals surface area (Å²) in [7, 11) is 4.06. The lowest BCUT2D eigenvalue weighted by Crippen LogP contribution is -2.14. The van der Waals surface area contributed by atoms with E-state index < -0.39 is 0 Å². The second-order valence-corrected chi connectivity index (χ2v) is 4.70. The maximum Gasteiger partial charge on any atom is 0.295 e. The number of allylic oxidation sites excluding steroid dienone is 2. The summed E-state index contributed by atoms with van der Waals surface area (Å²) in [6, 6.07) is 0.236. The van der Waals surface area contributed by atoms with Gasteiger partial charge in [0.05, 0.1) is 0 Å². The summed E-state index contributed by atoms with van der Waals surface area (Å²) >= 11 is 0. The molecule has 0 aliphatic heterocycles. The number of aromatic nitrogens is 1. The van der Waals surface area contributed by atoms with Crippen molar-refractivity contribution in [2.75, 3.05) is 32.5 Å². The van der Waals surface area contributed by atoms with Gasteiger partial charge >= 0.3 is 0 Å². The highest BCUT2D eigenvalue weighted by Crippen LogP contribution is 2.20. The zero-order valence-electron chi connectivity index (χ0n) is 11.1. The molecule has 1 N–H and O–H groups in total. The Bertz CT molecular complexity index is 482. The van der Waals surface area contributed by atoms with Crippen LogP contribution >= 0.6 is 0 Å². The number of oxazole rings is 1. The molecule has 0 amide bonds. The minimum Gasteiger partial charge on any atom is -0.419 e. The van der Waals surface area contributed by atoms with Crippen molar-refractivity contribution in [1.29, 1.82) is 0 Å². The van der Waals surface area contributed by atoms with E-state index in [-0.39, 0.29) is 29.0 Å². The molecule has 102 valence electrons. The Kier molecular flexibility index (Phi) is 4.11. The highest BCUT2D eigenvalue weighted by Gasteiger charge is 2.26. The molecule has 0 fully saturated rings. The molecule has 0 unspecified atom stereocenters. The normalized spacial score (nSPS) is 14.1. The minimum absolute atomic E-state index is 0.0308. The molecule has 0 bridgehead atoms. The topological polar surface area (TPSA) is 75.4 Å². The number of hydrogen-bond acceptors (Lipinski definition) is 6. The number of nitrogens with one attached hydrogen (secondary N) is 1. The van der Waals surface area contributed by atoms with Gasteiger partial charge in [-0.2, -0.15) is 4.98 Å². The monoisotopic (exact) mass is 263 g/mol. The number of anilines is 1. The minimum atomic E-state index is -0.317. The van der Waals surface area contributed by atoms with E-state index in [4.69, 9.17) is 4.42 Å². The molecule has 2 rings (SSSR count). The quantitative estimate of drug-likeness (QED) is 0.781. The number of unbranched alkanes of at least 4 members (excludes halogenated alkanes) is 1. The number of hydrogen-bond donors (Lipinski definition) is 1. The van der Waals surface area contributed by atoms with Crippen LogP contribution < -0.4 is 5.32 Å². The zero-order chi connectivity index (χ0) is 13.8. The summed E-state index contributed by atoms with van der Waals surface area (Å²) in [4.78, 5) is 29.1. The van der Waals surface area contributed by atoms with Crippen molar-refractivity contribution in [3.63, 3.8) is 0 Å². The van der Waals surface area contributed by atoms with Gasteiger partial charge in [0.1, 0.15) is 0 Å². The molecule has 0 aromatic carbocycles. The molecule has 0 saturated carbocycles. The number of carbonyl (C=O) groups excluding carboxylic acids is 2. The lowest BCUT2D eigenvalue weighted by molar-refractivity contribution is 0.0974. The van der Waals surface area contributed by atoms with Gasteiger partial charge in [0, 0.05) is 6.54 Å². The first-order chi connectivity index (χ1) is 9.08. The van der Waals surface area contributed by atoms with E-state index in [0.29, 0.717) is 6.54 Å². The Morgan fingerprint density at radius 1 is 1.21 bits per heavy atom. The Labute approximate surface area is 111 Å². The third-order valence-corrected chi connectivity index (χ3v) is 2.78. The van der Waals surface area contributed by atoms with E-state index in [2.05, 4.69) is 15.2 Å². The SMILES string of the molecule is CN(C)CCCCNc1nc2c(o1)C(=O)C=CC2=O. The molecule has 0 atom stereocenters. The summed E-state index contributed by atoms with van der Waals surface area (Å²) in [5.74, 6) is -0.579. The molecule has 0 spiro atoms. The first-order valence-corrected chi connectivity index (χ1v) is 6.24. The van der Waals surface area contributed by atoms with Crippen molar-refractivity contribution in [2.24, 2.45) is 0 Å². The first-order valence-electron chi connectivity index (χ1n) is 6.24. The second kappa shape index (κ2) is 5.79. The summed E-state index contributed by atoms with van der Waals surface area (Å²) < 4.78 is 5.26. The Morgan fingerprint density at radius 2 is 1.95 bits per heavy atom. The van der Waals surface area contributed by atoms with E-state index in [1.807, 2.05) is 14.1 Å². The fraction of sp³-hybridized carbons (Fsp3) is 0.462. The molecule has 0 radical (unpaired) electrons. The summed E-state index contributed by atoms with van der Waals surface area (Å²) in [6.45, 7) is 1.72. The van der Waals surface area contributed by atoms with Gasteiger partial charge in [-0.05, 0) is 45.6 Å². The van der Waals surface area contributed by atoms with Crippen LogP contribution in [0.1, 0.15) is 33.9 Å². The largest absolute Gasteiger partial charge is 0.419 e. The highest BCUT2D eigenvalue weighted by molar-refractivity contribution is 6.20. The van der Waals surface area contributed by atoms with Gasteiger partial charge in [-0.25, -0.2) is 0 Å². The van der Waals surface area contributed by atoms with Crippen molar-refractivity contribution < 1.29 is 14.0 Å². The van der Waals surface area contributed by atoms with Crippen molar-refractivity contribution in [1.82, 2.24) is 9.88 Å². The molecule has 1 aliphatic rings. The third-order valence-electron chi connectivity index (χ3n) is 2.78. The lowest BCUT2D eigenvalue weighted by Gasteiger charge is -2.08. The van der Waals surface area contributed by atoms with Crippen LogP contribution in [0.25, 0.3) is 0 Å². The average molecular weight is 263 g/mol. The maximum atomic E-state index is 11.5. The second-order valence-electron chi connectivity index (χ2n) is 4.70. The Morgan fingerprint density at radius 3 is 2.63 bits per heavy atom.